The van der Waals surface area contributed by atoms with Crippen molar-refractivity contribution in [3.63, 3.8) is 0 Å². The number of fused-ring (bicyclic) bond motifs is 8. The number of imidazole rings is 2. The van der Waals surface area contributed by atoms with Gasteiger partial charge in [-0.2, -0.15) is 0 Å². The highest BCUT2D eigenvalue weighted by molar-refractivity contribution is 6.16. The van der Waals surface area contributed by atoms with Crippen molar-refractivity contribution >= 4 is 61.8 Å². The van der Waals surface area contributed by atoms with E-state index in [0.29, 0.717) is 35.1 Å². The minimum Gasteiger partial charge on any atom is -0.296 e. The number of hydrogen-bond donors (Lipinski definition) is 0. The third kappa shape index (κ3) is 1.74. The van der Waals surface area contributed by atoms with Gasteiger partial charge in [-0.3, -0.25) is 18.4 Å². The number of allylic oxidation sites excluding steroid dienone is 1. The third-order valence-corrected chi connectivity index (χ3v) is 6.87. The SMILES string of the molecule is O=C1CC=Cc2nc3c4c5c(ccc6c5c(c(=O)n5c7ccccc7nc65)=CC4)cn3c21. The van der Waals surface area contributed by atoms with E-state index in [-0.39, 0.29) is 11.3 Å². The number of hydrogen-bond acceptors (Lipinski definition) is 4. The van der Waals surface area contributed by atoms with Crippen LogP contribution in [-0.2, 0) is 6.42 Å². The van der Waals surface area contributed by atoms with Gasteiger partial charge < -0.3 is 0 Å². The van der Waals surface area contributed by atoms with Crippen LogP contribution < -0.4 is 10.8 Å². The molecule has 0 radical (unpaired) electrons. The smallest absolute Gasteiger partial charge is 0.264 e. The summed E-state index contributed by atoms with van der Waals surface area (Å²) in [5.41, 5.74) is 5.48. The lowest BCUT2D eigenvalue weighted by molar-refractivity contribution is 0.0989. The Kier molecular flexibility index (Phi) is 2.71. The molecule has 0 atom stereocenters. The van der Waals surface area contributed by atoms with Gasteiger partial charge in [0.05, 0.1) is 16.7 Å². The second-order valence-corrected chi connectivity index (χ2v) is 8.52. The zero-order chi connectivity index (χ0) is 21.1. The van der Waals surface area contributed by atoms with E-state index in [1.807, 2.05) is 59.2 Å². The molecule has 0 N–H and O–H groups in total. The molecule has 0 bridgehead atoms. The third-order valence-electron chi connectivity index (χ3n) is 6.87. The van der Waals surface area contributed by atoms with Crippen LogP contribution in [0.4, 0.5) is 0 Å². The van der Waals surface area contributed by atoms with Gasteiger partial charge in [-0.25, -0.2) is 9.97 Å². The highest BCUT2D eigenvalue weighted by Crippen LogP contribution is 2.35. The summed E-state index contributed by atoms with van der Waals surface area (Å²) in [4.78, 5) is 35.9. The number of carbonyl (C=O) groups excluding carboxylic acids is 1. The first kappa shape index (κ1) is 16.4. The number of ketones is 1. The molecule has 0 saturated carbocycles. The average molecular weight is 414 g/mol. The minimum atomic E-state index is -0.0417. The molecule has 0 amide bonds. The summed E-state index contributed by atoms with van der Waals surface area (Å²) in [6.07, 6.45) is 8.77. The fraction of sp³-hybridized carbons (Fsp3) is 0.0769. The Bertz CT molecular complexity index is 2020. The fourth-order valence-corrected chi connectivity index (χ4v) is 5.55. The second kappa shape index (κ2) is 5.29. The molecule has 0 aliphatic heterocycles. The van der Waals surface area contributed by atoms with E-state index >= 15 is 0 Å². The molecule has 6 nitrogen and oxygen atoms in total. The summed E-state index contributed by atoms with van der Waals surface area (Å²) < 4.78 is 3.67. The Morgan fingerprint density at radius 1 is 0.906 bits per heavy atom. The van der Waals surface area contributed by atoms with E-state index in [0.717, 1.165) is 43.8 Å². The normalized spacial score (nSPS) is 14.9. The number of benzene rings is 2. The molecule has 8 rings (SSSR count). The Hall–Kier alpha value is -4.32. The van der Waals surface area contributed by atoms with Crippen LogP contribution in [0.5, 0.6) is 0 Å². The van der Waals surface area contributed by atoms with Gasteiger partial charge in [0.1, 0.15) is 17.0 Å². The van der Waals surface area contributed by atoms with Crippen LogP contribution in [0.1, 0.15) is 28.2 Å². The summed E-state index contributed by atoms with van der Waals surface area (Å²) in [6, 6.07) is 11.9. The summed E-state index contributed by atoms with van der Waals surface area (Å²) in [5.74, 6) is 0.0791. The van der Waals surface area contributed by atoms with Crippen LogP contribution in [-0.4, -0.2) is 24.6 Å². The van der Waals surface area contributed by atoms with Gasteiger partial charge in [0.15, 0.2) is 5.78 Å². The predicted octanol–water partition coefficient (Wildman–Crippen LogP) is 3.46. The maximum absolute atomic E-state index is 13.6. The lowest BCUT2D eigenvalue weighted by atomic mass is 9.93. The number of pyridine rings is 2. The lowest BCUT2D eigenvalue weighted by Gasteiger charge is -2.16. The standard InChI is InChI=1S/C26H14N4O2/c31-20-7-3-5-18-23(20)29-12-13-8-9-15-22-16(11-10-14(21(13)22)24(29)28-18)26(32)30-19-6-2-1-4-17(19)27-25(15)30/h1-6,8-9,11-12H,7,10H2. The molecular formula is C26H14N4O2. The number of rotatable bonds is 0. The van der Waals surface area contributed by atoms with Crippen LogP contribution in [0.25, 0.3) is 56.0 Å². The first-order valence-electron chi connectivity index (χ1n) is 10.6. The molecule has 0 unspecified atom stereocenters. The molecule has 2 aliphatic rings. The Morgan fingerprint density at radius 3 is 2.75 bits per heavy atom. The van der Waals surface area contributed by atoms with Crippen LogP contribution >= 0.6 is 0 Å². The van der Waals surface area contributed by atoms with Crippen molar-refractivity contribution in [1.29, 1.82) is 0 Å². The van der Waals surface area contributed by atoms with Crippen LogP contribution in [0, 0.1) is 0 Å². The van der Waals surface area contributed by atoms with E-state index in [9.17, 15) is 9.59 Å². The summed E-state index contributed by atoms with van der Waals surface area (Å²) in [6.45, 7) is 0. The maximum atomic E-state index is 13.6. The molecule has 4 aromatic heterocycles. The molecule has 0 spiro atoms. The molecule has 2 aliphatic carbocycles. The second-order valence-electron chi connectivity index (χ2n) is 8.52. The van der Waals surface area contributed by atoms with Gasteiger partial charge >= 0.3 is 0 Å². The lowest BCUT2D eigenvalue weighted by Crippen LogP contribution is -2.33. The molecule has 0 fully saturated rings. The summed E-state index contributed by atoms with van der Waals surface area (Å²) in [7, 11) is 0. The monoisotopic (exact) mass is 414 g/mol. The van der Waals surface area contributed by atoms with Gasteiger partial charge in [-0.15, -0.1) is 0 Å². The van der Waals surface area contributed by atoms with Crippen molar-refractivity contribution < 1.29 is 4.79 Å². The molecular weight excluding hydrogens is 400 g/mol. The summed E-state index contributed by atoms with van der Waals surface area (Å²) in [5, 5.41) is 4.64. The van der Waals surface area contributed by atoms with Gasteiger partial charge in [-0.05, 0) is 41.5 Å². The molecule has 6 heteroatoms. The molecule has 0 saturated heterocycles. The Balaban J connectivity index is 1.65. The van der Waals surface area contributed by atoms with Gasteiger partial charge in [-0.1, -0.05) is 30.4 Å². The first-order chi connectivity index (χ1) is 15.7. The highest BCUT2D eigenvalue weighted by atomic mass is 16.1. The maximum Gasteiger partial charge on any atom is 0.264 e. The highest BCUT2D eigenvalue weighted by Gasteiger charge is 2.25. The van der Waals surface area contributed by atoms with Gasteiger partial charge in [0.2, 0.25) is 0 Å². The topological polar surface area (TPSA) is 68.7 Å². The Labute approximate surface area is 179 Å². The van der Waals surface area contributed by atoms with Crippen molar-refractivity contribution in [3.8, 4) is 0 Å². The quantitative estimate of drug-likeness (QED) is 0.357. The Morgan fingerprint density at radius 2 is 1.81 bits per heavy atom. The molecule has 150 valence electrons. The number of para-hydroxylation sites is 2. The molecule has 4 heterocycles. The van der Waals surface area contributed by atoms with Crippen LogP contribution in [0.15, 0.2) is 53.5 Å². The number of nitrogens with zero attached hydrogens (tertiary/aromatic N) is 4. The molecule has 32 heavy (non-hydrogen) atoms. The summed E-state index contributed by atoms with van der Waals surface area (Å²) >= 11 is 0. The van der Waals surface area contributed by atoms with Crippen LogP contribution in [0.3, 0.4) is 0 Å². The fourth-order valence-electron chi connectivity index (χ4n) is 5.55. The minimum absolute atomic E-state index is 0.0417. The van der Waals surface area contributed by atoms with Crippen molar-refractivity contribution in [2.24, 2.45) is 0 Å². The van der Waals surface area contributed by atoms with E-state index in [4.69, 9.17) is 9.97 Å². The van der Waals surface area contributed by atoms with E-state index in [2.05, 4.69) is 6.07 Å². The largest absolute Gasteiger partial charge is 0.296 e. The van der Waals surface area contributed by atoms with E-state index in [1.54, 1.807) is 4.40 Å². The van der Waals surface area contributed by atoms with Crippen molar-refractivity contribution in [1.82, 2.24) is 18.8 Å². The molecule has 2 aromatic carbocycles. The van der Waals surface area contributed by atoms with Gasteiger partial charge in [0, 0.05) is 34.2 Å². The number of carbonyl (C=O) groups is 1. The van der Waals surface area contributed by atoms with Crippen LogP contribution in [0.2, 0.25) is 0 Å². The predicted molar refractivity (Wildman–Crippen MR) is 124 cm³/mol. The zero-order valence-corrected chi connectivity index (χ0v) is 16.8. The van der Waals surface area contributed by atoms with Gasteiger partial charge in [0.25, 0.3) is 5.56 Å². The van der Waals surface area contributed by atoms with Crippen molar-refractivity contribution in [2.75, 3.05) is 0 Å². The van der Waals surface area contributed by atoms with Crippen molar-refractivity contribution in [2.45, 2.75) is 12.8 Å². The van der Waals surface area contributed by atoms with E-state index < -0.39 is 0 Å². The number of Topliss-reactive ketones (excluding diaryl/α,β-unsaturated/α-hetero) is 1. The zero-order valence-electron chi connectivity index (χ0n) is 16.8. The number of aromatic nitrogens is 4. The molecule has 6 aromatic rings. The average Bonchev–Trinajstić information content (AvgIpc) is 3.38. The van der Waals surface area contributed by atoms with Crippen molar-refractivity contribution in [3.05, 3.63) is 81.2 Å². The van der Waals surface area contributed by atoms with E-state index in [1.165, 1.54) is 0 Å². The first-order valence-corrected chi connectivity index (χ1v) is 10.6.